The molecule has 0 radical (unpaired) electrons. The van der Waals surface area contributed by atoms with Gasteiger partial charge >= 0.3 is 5.69 Å². The number of nitrogens with one attached hydrogen (secondary N) is 2. The van der Waals surface area contributed by atoms with E-state index in [0.29, 0.717) is 13.0 Å². The predicted octanol–water partition coefficient (Wildman–Crippen LogP) is 1.42. The fourth-order valence-corrected chi connectivity index (χ4v) is 1.48. The molecule has 2 aromatic heterocycles. The second-order valence-electron chi connectivity index (χ2n) is 3.34. The molecule has 0 bridgehead atoms. The molecule has 9 heteroatoms. The van der Waals surface area contributed by atoms with Crippen LogP contribution in [0.15, 0.2) is 18.6 Å². The average Bonchev–Trinajstić information content (AvgIpc) is 2.82. The number of aromatic nitrogens is 4. The molecule has 0 atom stereocenters. The second kappa shape index (κ2) is 5.41. The van der Waals surface area contributed by atoms with Crippen LogP contribution in [0.25, 0.3) is 0 Å². The van der Waals surface area contributed by atoms with Crippen molar-refractivity contribution in [1.29, 1.82) is 0 Å². The van der Waals surface area contributed by atoms with Crippen LogP contribution in [0.1, 0.15) is 5.82 Å². The summed E-state index contributed by atoms with van der Waals surface area (Å²) < 4.78 is 0. The maximum absolute atomic E-state index is 10.7. The maximum atomic E-state index is 10.7. The zero-order valence-corrected chi connectivity index (χ0v) is 9.89. The Kier molecular flexibility index (Phi) is 3.68. The summed E-state index contributed by atoms with van der Waals surface area (Å²) in [4.78, 5) is 24.5. The number of hydrogen-bond donors (Lipinski definition) is 2. The van der Waals surface area contributed by atoms with Crippen molar-refractivity contribution in [3.8, 4) is 0 Å². The number of halogens is 1. The topological polar surface area (TPSA) is 110 Å². The standard InChI is InChI=1S/C9H9ClN6O2/c10-9-14-5-6(16(17)18)8(15-9)13-2-1-7-11-3-4-12-7/h3-5H,1-2H2,(H,11,12)(H,13,14,15). The molecular weight excluding hydrogens is 260 g/mol. The summed E-state index contributed by atoms with van der Waals surface area (Å²) in [5.41, 5.74) is -0.209. The van der Waals surface area contributed by atoms with Crippen LogP contribution in [0.4, 0.5) is 11.5 Å². The van der Waals surface area contributed by atoms with Gasteiger partial charge in [-0.05, 0) is 11.6 Å². The van der Waals surface area contributed by atoms with Crippen molar-refractivity contribution < 1.29 is 4.92 Å². The SMILES string of the molecule is O=[N+]([O-])c1cnc(Cl)nc1NCCc1ncc[nH]1. The molecule has 2 aromatic rings. The van der Waals surface area contributed by atoms with Crippen molar-refractivity contribution >= 4 is 23.1 Å². The Hall–Kier alpha value is -2.22. The molecule has 0 aliphatic carbocycles. The Morgan fingerprint density at radius 2 is 2.33 bits per heavy atom. The highest BCUT2D eigenvalue weighted by Crippen LogP contribution is 2.21. The van der Waals surface area contributed by atoms with Gasteiger partial charge in [0.05, 0.1) is 4.92 Å². The zero-order valence-electron chi connectivity index (χ0n) is 9.13. The van der Waals surface area contributed by atoms with Gasteiger partial charge in [0.2, 0.25) is 11.1 Å². The van der Waals surface area contributed by atoms with Crippen molar-refractivity contribution in [1.82, 2.24) is 19.9 Å². The quantitative estimate of drug-likeness (QED) is 0.482. The molecule has 0 amide bonds. The van der Waals surface area contributed by atoms with Gasteiger partial charge in [0.1, 0.15) is 12.0 Å². The summed E-state index contributed by atoms with van der Waals surface area (Å²) in [6.45, 7) is 0.446. The van der Waals surface area contributed by atoms with Crippen LogP contribution in [0.2, 0.25) is 5.28 Å². The number of nitrogens with zero attached hydrogens (tertiary/aromatic N) is 4. The number of anilines is 1. The van der Waals surface area contributed by atoms with Crippen LogP contribution < -0.4 is 5.32 Å². The fraction of sp³-hybridized carbons (Fsp3) is 0.222. The van der Waals surface area contributed by atoms with Gasteiger partial charge in [-0.25, -0.2) is 9.97 Å². The third kappa shape index (κ3) is 2.92. The molecule has 18 heavy (non-hydrogen) atoms. The number of hydrogen-bond acceptors (Lipinski definition) is 6. The van der Waals surface area contributed by atoms with E-state index in [2.05, 4.69) is 25.3 Å². The van der Waals surface area contributed by atoms with E-state index in [1.807, 2.05) is 0 Å². The summed E-state index contributed by atoms with van der Waals surface area (Å²) in [5.74, 6) is 0.886. The molecule has 0 saturated heterocycles. The van der Waals surface area contributed by atoms with Crippen LogP contribution in [0.5, 0.6) is 0 Å². The number of nitro groups is 1. The van der Waals surface area contributed by atoms with Crippen LogP contribution in [0.3, 0.4) is 0 Å². The number of rotatable bonds is 5. The smallest absolute Gasteiger partial charge is 0.329 e. The Morgan fingerprint density at radius 1 is 1.50 bits per heavy atom. The Balaban J connectivity index is 2.03. The monoisotopic (exact) mass is 268 g/mol. The Labute approximate surface area is 107 Å². The summed E-state index contributed by atoms with van der Waals surface area (Å²) >= 11 is 5.60. The first kappa shape index (κ1) is 12.2. The lowest BCUT2D eigenvalue weighted by Crippen LogP contribution is -2.09. The van der Waals surface area contributed by atoms with E-state index in [4.69, 9.17) is 11.6 Å². The Bertz CT molecular complexity index is 544. The largest absolute Gasteiger partial charge is 0.364 e. The third-order valence-electron chi connectivity index (χ3n) is 2.15. The van der Waals surface area contributed by atoms with E-state index < -0.39 is 4.92 Å². The van der Waals surface area contributed by atoms with Crippen LogP contribution >= 0.6 is 11.6 Å². The van der Waals surface area contributed by atoms with Crippen molar-refractivity contribution in [2.24, 2.45) is 0 Å². The normalized spacial score (nSPS) is 10.3. The van der Waals surface area contributed by atoms with E-state index >= 15 is 0 Å². The number of imidazole rings is 1. The Morgan fingerprint density at radius 3 is 3.00 bits per heavy atom. The lowest BCUT2D eigenvalue weighted by atomic mass is 10.4. The lowest BCUT2D eigenvalue weighted by Gasteiger charge is -2.04. The van der Waals surface area contributed by atoms with Crippen LogP contribution in [-0.4, -0.2) is 31.4 Å². The third-order valence-corrected chi connectivity index (χ3v) is 2.33. The van der Waals surface area contributed by atoms with E-state index in [1.54, 1.807) is 12.4 Å². The zero-order chi connectivity index (χ0) is 13.0. The molecule has 0 saturated carbocycles. The second-order valence-corrected chi connectivity index (χ2v) is 3.68. The van der Waals surface area contributed by atoms with E-state index in [1.165, 1.54) is 0 Å². The first-order chi connectivity index (χ1) is 8.66. The lowest BCUT2D eigenvalue weighted by molar-refractivity contribution is -0.384. The molecule has 0 aliphatic rings. The first-order valence-corrected chi connectivity index (χ1v) is 5.43. The van der Waals surface area contributed by atoms with E-state index in [9.17, 15) is 10.1 Å². The molecule has 2 rings (SSSR count). The van der Waals surface area contributed by atoms with Crippen molar-refractivity contribution in [2.45, 2.75) is 6.42 Å². The highest BCUT2D eigenvalue weighted by molar-refractivity contribution is 6.28. The van der Waals surface area contributed by atoms with Gasteiger partial charge < -0.3 is 10.3 Å². The van der Waals surface area contributed by atoms with Crippen LogP contribution in [-0.2, 0) is 6.42 Å². The first-order valence-electron chi connectivity index (χ1n) is 5.06. The fourth-order valence-electron chi connectivity index (χ4n) is 1.35. The molecule has 0 aromatic carbocycles. The molecule has 0 fully saturated rings. The van der Waals surface area contributed by atoms with Crippen molar-refractivity contribution in [2.75, 3.05) is 11.9 Å². The van der Waals surface area contributed by atoms with Gasteiger partial charge in [0.25, 0.3) is 0 Å². The molecule has 2 N–H and O–H groups in total. The van der Waals surface area contributed by atoms with Crippen molar-refractivity contribution in [3.05, 3.63) is 39.8 Å². The number of H-pyrrole nitrogens is 1. The average molecular weight is 269 g/mol. The summed E-state index contributed by atoms with van der Waals surface area (Å²) in [5, 5.41) is 13.5. The summed E-state index contributed by atoms with van der Waals surface area (Å²) in [6, 6.07) is 0. The summed E-state index contributed by atoms with van der Waals surface area (Å²) in [7, 11) is 0. The molecule has 0 aliphatic heterocycles. The molecule has 8 nitrogen and oxygen atoms in total. The molecule has 94 valence electrons. The van der Waals surface area contributed by atoms with Gasteiger partial charge in [0.15, 0.2) is 0 Å². The van der Waals surface area contributed by atoms with Gasteiger partial charge in [-0.2, -0.15) is 4.98 Å². The van der Waals surface area contributed by atoms with Crippen molar-refractivity contribution in [3.63, 3.8) is 0 Å². The minimum absolute atomic E-state index is 0.0406. The minimum atomic E-state index is -0.564. The number of aromatic amines is 1. The highest BCUT2D eigenvalue weighted by Gasteiger charge is 2.16. The predicted molar refractivity (Wildman–Crippen MR) is 64.5 cm³/mol. The maximum Gasteiger partial charge on any atom is 0.329 e. The van der Waals surface area contributed by atoms with Gasteiger partial charge in [-0.1, -0.05) is 0 Å². The molecule has 2 heterocycles. The van der Waals surface area contributed by atoms with Gasteiger partial charge in [0, 0.05) is 25.4 Å². The summed E-state index contributed by atoms with van der Waals surface area (Å²) in [6.07, 6.45) is 5.01. The van der Waals surface area contributed by atoms with Gasteiger partial charge in [-0.3, -0.25) is 10.1 Å². The van der Waals surface area contributed by atoms with Gasteiger partial charge in [-0.15, -0.1) is 0 Å². The molecular formula is C9H9ClN6O2. The van der Waals surface area contributed by atoms with Crippen LogP contribution in [0, 0.1) is 10.1 Å². The molecule has 0 unspecified atom stereocenters. The molecule has 0 spiro atoms. The highest BCUT2D eigenvalue weighted by atomic mass is 35.5. The van der Waals surface area contributed by atoms with E-state index in [0.717, 1.165) is 12.0 Å². The van der Waals surface area contributed by atoms with E-state index in [-0.39, 0.29) is 16.8 Å². The minimum Gasteiger partial charge on any atom is -0.364 e.